The first-order chi connectivity index (χ1) is 7.58. The second kappa shape index (κ2) is 6.12. The van der Waals surface area contributed by atoms with Gasteiger partial charge in [-0.3, -0.25) is 4.79 Å². The number of carbonyl (C=O) groups is 1. The predicted octanol–water partition coefficient (Wildman–Crippen LogP) is 0.612. The van der Waals surface area contributed by atoms with E-state index in [0.717, 1.165) is 12.1 Å². The van der Waals surface area contributed by atoms with E-state index in [1.54, 1.807) is 18.2 Å². The Labute approximate surface area is 95.9 Å². The summed E-state index contributed by atoms with van der Waals surface area (Å²) in [7, 11) is 3.92. The van der Waals surface area contributed by atoms with E-state index >= 15 is 0 Å². The highest BCUT2D eigenvalue weighted by molar-refractivity contribution is 5.78. The van der Waals surface area contributed by atoms with Crippen LogP contribution in [-0.4, -0.2) is 43.1 Å². The molecule has 0 saturated heterocycles. The van der Waals surface area contributed by atoms with Crippen molar-refractivity contribution in [1.29, 1.82) is 0 Å². The average molecular weight is 222 g/mol. The molecular formula is C12H18N2O2. The van der Waals surface area contributed by atoms with Crippen molar-refractivity contribution >= 4 is 5.91 Å². The maximum absolute atomic E-state index is 11.5. The number of likely N-dealkylation sites (N-methyl/N-ethyl adjacent to an activating group) is 1. The van der Waals surface area contributed by atoms with E-state index < -0.39 is 0 Å². The highest BCUT2D eigenvalue weighted by Gasteiger charge is 2.03. The van der Waals surface area contributed by atoms with E-state index in [9.17, 15) is 9.90 Å². The number of nitrogens with zero attached hydrogens (tertiary/aromatic N) is 1. The summed E-state index contributed by atoms with van der Waals surface area (Å²) in [5.74, 6) is 0.172. The molecule has 2 N–H and O–H groups in total. The molecule has 0 heterocycles. The van der Waals surface area contributed by atoms with Crippen molar-refractivity contribution in [3.63, 3.8) is 0 Å². The number of aromatic hydroxyl groups is 1. The van der Waals surface area contributed by atoms with Gasteiger partial charge in [0.2, 0.25) is 5.91 Å². The molecule has 0 aromatic heterocycles. The first-order valence-corrected chi connectivity index (χ1v) is 5.27. The highest BCUT2D eigenvalue weighted by atomic mass is 16.3. The fourth-order valence-electron chi connectivity index (χ4n) is 1.33. The Bertz CT molecular complexity index is 351. The third kappa shape index (κ3) is 4.79. The van der Waals surface area contributed by atoms with Gasteiger partial charge in [0.25, 0.3) is 0 Å². The van der Waals surface area contributed by atoms with Gasteiger partial charge in [-0.15, -0.1) is 0 Å². The molecule has 0 aliphatic heterocycles. The number of amides is 1. The van der Waals surface area contributed by atoms with Crippen LogP contribution in [0, 0.1) is 0 Å². The molecule has 0 atom stereocenters. The fourth-order valence-corrected chi connectivity index (χ4v) is 1.33. The lowest BCUT2D eigenvalue weighted by Gasteiger charge is -2.10. The summed E-state index contributed by atoms with van der Waals surface area (Å²) in [6.07, 6.45) is 0.307. The van der Waals surface area contributed by atoms with E-state index in [-0.39, 0.29) is 11.7 Å². The normalized spacial score (nSPS) is 10.4. The van der Waals surface area contributed by atoms with E-state index in [4.69, 9.17) is 0 Å². The maximum Gasteiger partial charge on any atom is 0.224 e. The van der Waals surface area contributed by atoms with Gasteiger partial charge < -0.3 is 15.3 Å². The summed E-state index contributed by atoms with van der Waals surface area (Å²) in [4.78, 5) is 13.5. The number of carbonyl (C=O) groups excluding carboxylic acids is 1. The fraction of sp³-hybridized carbons (Fsp3) is 0.417. The molecule has 0 saturated carbocycles. The molecule has 0 spiro atoms. The lowest BCUT2D eigenvalue weighted by atomic mass is 10.1. The zero-order valence-electron chi connectivity index (χ0n) is 9.73. The molecular weight excluding hydrogens is 204 g/mol. The van der Waals surface area contributed by atoms with Crippen LogP contribution in [0.15, 0.2) is 24.3 Å². The van der Waals surface area contributed by atoms with Crippen LogP contribution in [0.5, 0.6) is 5.75 Å². The van der Waals surface area contributed by atoms with Crippen LogP contribution >= 0.6 is 0 Å². The number of phenols is 1. The Morgan fingerprint density at radius 2 is 2.19 bits per heavy atom. The van der Waals surface area contributed by atoms with Gasteiger partial charge in [-0.2, -0.15) is 0 Å². The second-order valence-corrected chi connectivity index (χ2v) is 4.00. The largest absolute Gasteiger partial charge is 0.508 e. The van der Waals surface area contributed by atoms with Crippen LogP contribution in [0.25, 0.3) is 0 Å². The van der Waals surface area contributed by atoms with Crippen LogP contribution in [0.3, 0.4) is 0 Å². The minimum Gasteiger partial charge on any atom is -0.508 e. The number of hydrogen-bond donors (Lipinski definition) is 2. The van der Waals surface area contributed by atoms with E-state index in [1.807, 2.05) is 25.1 Å². The van der Waals surface area contributed by atoms with Crippen molar-refractivity contribution in [1.82, 2.24) is 10.2 Å². The second-order valence-electron chi connectivity index (χ2n) is 4.00. The van der Waals surface area contributed by atoms with E-state index in [0.29, 0.717) is 13.0 Å². The van der Waals surface area contributed by atoms with Gasteiger partial charge in [-0.1, -0.05) is 12.1 Å². The van der Waals surface area contributed by atoms with Gasteiger partial charge in [-0.25, -0.2) is 0 Å². The molecule has 0 fully saturated rings. The molecule has 1 rings (SSSR count). The van der Waals surface area contributed by atoms with E-state index in [1.165, 1.54) is 0 Å². The molecule has 0 unspecified atom stereocenters. The molecule has 0 aliphatic rings. The number of rotatable bonds is 5. The van der Waals surface area contributed by atoms with Crippen molar-refractivity contribution in [3.05, 3.63) is 29.8 Å². The standard InChI is InChI=1S/C12H18N2O2/c1-14(2)7-6-13-12(16)9-10-4-3-5-11(15)8-10/h3-5,8,15H,6-7,9H2,1-2H3,(H,13,16). The molecule has 4 nitrogen and oxygen atoms in total. The van der Waals surface area contributed by atoms with Crippen molar-refractivity contribution in [2.45, 2.75) is 6.42 Å². The topological polar surface area (TPSA) is 52.6 Å². The first-order valence-electron chi connectivity index (χ1n) is 5.27. The maximum atomic E-state index is 11.5. The third-order valence-corrected chi connectivity index (χ3v) is 2.16. The minimum absolute atomic E-state index is 0.0209. The van der Waals surface area contributed by atoms with Gasteiger partial charge in [0.15, 0.2) is 0 Å². The lowest BCUT2D eigenvalue weighted by Crippen LogP contribution is -2.32. The molecule has 1 aromatic carbocycles. The van der Waals surface area contributed by atoms with Gasteiger partial charge in [0.05, 0.1) is 6.42 Å². The zero-order chi connectivity index (χ0) is 12.0. The molecule has 1 aromatic rings. The van der Waals surface area contributed by atoms with Crippen LogP contribution in [0.1, 0.15) is 5.56 Å². The Balaban J connectivity index is 2.34. The summed E-state index contributed by atoms with van der Waals surface area (Å²) in [6.45, 7) is 1.47. The van der Waals surface area contributed by atoms with Crippen molar-refractivity contribution in [2.24, 2.45) is 0 Å². The smallest absolute Gasteiger partial charge is 0.224 e. The first kappa shape index (κ1) is 12.5. The van der Waals surface area contributed by atoms with E-state index in [2.05, 4.69) is 5.32 Å². The van der Waals surface area contributed by atoms with Crippen molar-refractivity contribution in [3.8, 4) is 5.75 Å². The Morgan fingerprint density at radius 1 is 1.44 bits per heavy atom. The number of phenolic OH excluding ortho intramolecular Hbond substituents is 1. The minimum atomic E-state index is -0.0209. The van der Waals surface area contributed by atoms with Crippen LogP contribution < -0.4 is 5.32 Å². The zero-order valence-corrected chi connectivity index (χ0v) is 9.73. The summed E-state index contributed by atoms with van der Waals surface area (Å²) >= 11 is 0. The van der Waals surface area contributed by atoms with Crippen molar-refractivity contribution in [2.75, 3.05) is 27.2 Å². The molecule has 16 heavy (non-hydrogen) atoms. The molecule has 88 valence electrons. The Kier molecular flexibility index (Phi) is 4.79. The van der Waals surface area contributed by atoms with Gasteiger partial charge in [0, 0.05) is 13.1 Å². The van der Waals surface area contributed by atoms with Gasteiger partial charge in [-0.05, 0) is 31.8 Å². The Hall–Kier alpha value is -1.55. The van der Waals surface area contributed by atoms with Gasteiger partial charge in [0.1, 0.15) is 5.75 Å². The van der Waals surface area contributed by atoms with Gasteiger partial charge >= 0.3 is 0 Å². The van der Waals surface area contributed by atoms with Crippen LogP contribution in [0.4, 0.5) is 0 Å². The number of hydrogen-bond acceptors (Lipinski definition) is 3. The monoisotopic (exact) mass is 222 g/mol. The quantitative estimate of drug-likeness (QED) is 0.767. The number of benzene rings is 1. The summed E-state index contributed by atoms with van der Waals surface area (Å²) in [6, 6.07) is 6.75. The molecule has 0 radical (unpaired) electrons. The molecule has 1 amide bonds. The van der Waals surface area contributed by atoms with Crippen molar-refractivity contribution < 1.29 is 9.90 Å². The predicted molar refractivity (Wildman–Crippen MR) is 63.4 cm³/mol. The summed E-state index contributed by atoms with van der Waals surface area (Å²) in [5, 5.41) is 12.1. The van der Waals surface area contributed by atoms with Crippen LogP contribution in [-0.2, 0) is 11.2 Å². The number of nitrogens with one attached hydrogen (secondary N) is 1. The Morgan fingerprint density at radius 3 is 2.81 bits per heavy atom. The SMILES string of the molecule is CN(C)CCNC(=O)Cc1cccc(O)c1. The average Bonchev–Trinajstić information content (AvgIpc) is 2.16. The van der Waals surface area contributed by atoms with Crippen LogP contribution in [0.2, 0.25) is 0 Å². The molecule has 0 aliphatic carbocycles. The molecule has 0 bridgehead atoms. The molecule has 4 heteroatoms. The summed E-state index contributed by atoms with van der Waals surface area (Å²) < 4.78 is 0. The lowest BCUT2D eigenvalue weighted by molar-refractivity contribution is -0.120. The highest BCUT2D eigenvalue weighted by Crippen LogP contribution is 2.10. The summed E-state index contributed by atoms with van der Waals surface area (Å²) in [5.41, 5.74) is 0.822. The third-order valence-electron chi connectivity index (χ3n) is 2.16.